The second kappa shape index (κ2) is 7.13. The summed E-state index contributed by atoms with van der Waals surface area (Å²) in [5, 5.41) is 9.67. The highest BCUT2D eigenvalue weighted by Gasteiger charge is 2.41. The number of aliphatic hydroxyl groups is 1. The number of hydrogen-bond acceptors (Lipinski definition) is 4. The largest absolute Gasteiger partial charge is 0.465 e. The van der Waals surface area contributed by atoms with Crippen LogP contribution in [0.5, 0.6) is 0 Å². The highest BCUT2D eigenvalue weighted by Crippen LogP contribution is 2.26. The smallest absolute Gasteiger partial charge is 0.321 e. The molecular weight excluding hydrogens is 232 g/mol. The molecule has 0 aliphatic heterocycles. The van der Waals surface area contributed by atoms with Gasteiger partial charge >= 0.3 is 5.97 Å². The molecule has 0 aromatic heterocycles. The molecule has 4 heteroatoms. The molecule has 0 saturated carbocycles. The number of carbonyl (C=O) groups is 1. The first-order valence-electron chi connectivity index (χ1n) is 6.12. The highest BCUT2D eigenvalue weighted by molar-refractivity contribution is 5.83. The minimum atomic E-state index is -1.13. The van der Waals surface area contributed by atoms with Crippen LogP contribution >= 0.6 is 0 Å². The van der Waals surface area contributed by atoms with Crippen LogP contribution in [0.3, 0.4) is 0 Å². The van der Waals surface area contributed by atoms with Crippen LogP contribution in [0.25, 0.3) is 0 Å². The van der Waals surface area contributed by atoms with Gasteiger partial charge in [0.1, 0.15) is 5.41 Å². The van der Waals surface area contributed by atoms with Crippen LogP contribution in [-0.4, -0.2) is 37.5 Å². The van der Waals surface area contributed by atoms with Crippen molar-refractivity contribution in [1.29, 1.82) is 0 Å². The maximum Gasteiger partial charge on any atom is 0.321 e. The van der Waals surface area contributed by atoms with Gasteiger partial charge in [0.25, 0.3) is 0 Å². The molecule has 0 aliphatic carbocycles. The number of aliphatic hydroxyl groups excluding tert-OH is 1. The minimum absolute atomic E-state index is 0.114. The molecule has 0 radical (unpaired) electrons. The standard InChI is InChI=1S/C14H20O4/c1-3-17-11-14(10-15,13(16)18-4-2)12-8-6-5-7-9-12/h5-9,15H,3-4,10-11H2,1-2H3. The molecule has 1 unspecified atom stereocenters. The molecule has 0 aliphatic rings. The van der Waals surface area contributed by atoms with Crippen molar-refractivity contribution in [3.05, 3.63) is 35.9 Å². The molecule has 0 spiro atoms. The molecular formula is C14H20O4. The molecule has 0 saturated heterocycles. The molecule has 1 aromatic rings. The Balaban J connectivity index is 3.09. The van der Waals surface area contributed by atoms with Crippen LogP contribution < -0.4 is 0 Å². The quantitative estimate of drug-likeness (QED) is 0.747. The van der Waals surface area contributed by atoms with E-state index < -0.39 is 11.4 Å². The van der Waals surface area contributed by atoms with Crippen LogP contribution in [0.4, 0.5) is 0 Å². The third-order valence-corrected chi connectivity index (χ3v) is 2.82. The summed E-state index contributed by atoms with van der Waals surface area (Å²) in [5.41, 5.74) is -0.424. The lowest BCUT2D eigenvalue weighted by Crippen LogP contribution is -2.45. The zero-order valence-electron chi connectivity index (χ0n) is 10.9. The van der Waals surface area contributed by atoms with Gasteiger partial charge in [0, 0.05) is 6.61 Å². The summed E-state index contributed by atoms with van der Waals surface area (Å²) < 4.78 is 10.4. The highest BCUT2D eigenvalue weighted by atomic mass is 16.5. The van der Waals surface area contributed by atoms with Gasteiger partial charge in [-0.3, -0.25) is 4.79 Å². The lowest BCUT2D eigenvalue weighted by Gasteiger charge is -2.29. The van der Waals surface area contributed by atoms with Crippen molar-refractivity contribution in [2.45, 2.75) is 19.3 Å². The molecule has 1 aromatic carbocycles. The van der Waals surface area contributed by atoms with Crippen LogP contribution in [0.1, 0.15) is 19.4 Å². The second-order valence-electron chi connectivity index (χ2n) is 3.96. The lowest BCUT2D eigenvalue weighted by molar-refractivity contribution is -0.155. The summed E-state index contributed by atoms with van der Waals surface area (Å²) in [4.78, 5) is 12.1. The molecule has 0 bridgehead atoms. The number of carbonyl (C=O) groups excluding carboxylic acids is 1. The molecule has 1 N–H and O–H groups in total. The van der Waals surface area contributed by atoms with Gasteiger partial charge in [-0.2, -0.15) is 0 Å². The summed E-state index contributed by atoms with van der Waals surface area (Å²) >= 11 is 0. The third kappa shape index (κ3) is 3.09. The molecule has 18 heavy (non-hydrogen) atoms. The summed E-state index contributed by atoms with van der Waals surface area (Å²) in [7, 11) is 0. The third-order valence-electron chi connectivity index (χ3n) is 2.82. The van der Waals surface area contributed by atoms with E-state index >= 15 is 0 Å². The van der Waals surface area contributed by atoms with Crippen molar-refractivity contribution in [3.8, 4) is 0 Å². The topological polar surface area (TPSA) is 55.8 Å². The normalized spacial score (nSPS) is 13.9. The van der Waals surface area contributed by atoms with Crippen molar-refractivity contribution in [2.75, 3.05) is 26.4 Å². The van der Waals surface area contributed by atoms with Gasteiger partial charge < -0.3 is 14.6 Å². The van der Waals surface area contributed by atoms with Gasteiger partial charge in [0.05, 0.1) is 19.8 Å². The van der Waals surface area contributed by atoms with E-state index in [2.05, 4.69) is 0 Å². The molecule has 0 fully saturated rings. The number of esters is 1. The SMILES string of the molecule is CCOCC(CO)(C(=O)OCC)c1ccccc1. The monoisotopic (exact) mass is 252 g/mol. The maximum atomic E-state index is 12.1. The molecule has 1 rings (SSSR count). The summed E-state index contributed by atoms with van der Waals surface area (Å²) in [6, 6.07) is 9.10. The first-order valence-corrected chi connectivity index (χ1v) is 6.12. The Hall–Kier alpha value is -1.39. The van der Waals surface area contributed by atoms with Crippen molar-refractivity contribution in [3.63, 3.8) is 0 Å². The van der Waals surface area contributed by atoms with Crippen molar-refractivity contribution < 1.29 is 19.4 Å². The molecule has 4 nitrogen and oxygen atoms in total. The molecule has 1 atom stereocenters. The van der Waals surface area contributed by atoms with Gasteiger partial charge in [0.15, 0.2) is 0 Å². The Kier molecular flexibility index (Phi) is 5.82. The fourth-order valence-corrected chi connectivity index (χ4v) is 1.76. The van der Waals surface area contributed by atoms with Crippen LogP contribution in [0.15, 0.2) is 30.3 Å². The average molecular weight is 252 g/mol. The zero-order chi connectivity index (χ0) is 13.4. The summed E-state index contributed by atoms with van der Waals surface area (Å²) in [5.74, 6) is -0.452. The summed E-state index contributed by atoms with van der Waals surface area (Å²) in [6.07, 6.45) is 0. The first kappa shape index (κ1) is 14.7. The predicted molar refractivity (Wildman–Crippen MR) is 68.3 cm³/mol. The first-order chi connectivity index (χ1) is 8.71. The van der Waals surface area contributed by atoms with E-state index in [4.69, 9.17) is 9.47 Å². The van der Waals surface area contributed by atoms with Crippen molar-refractivity contribution >= 4 is 5.97 Å². The van der Waals surface area contributed by atoms with Crippen molar-refractivity contribution in [2.24, 2.45) is 0 Å². The number of ether oxygens (including phenoxy) is 2. The van der Waals surface area contributed by atoms with Gasteiger partial charge in [-0.1, -0.05) is 30.3 Å². The number of rotatable bonds is 7. The zero-order valence-corrected chi connectivity index (χ0v) is 10.9. The fraction of sp³-hybridized carbons (Fsp3) is 0.500. The van der Waals surface area contributed by atoms with Crippen LogP contribution in [0, 0.1) is 0 Å². The lowest BCUT2D eigenvalue weighted by atomic mass is 9.82. The maximum absolute atomic E-state index is 12.1. The van der Waals surface area contributed by atoms with Gasteiger partial charge in [0.2, 0.25) is 0 Å². The van der Waals surface area contributed by atoms with Crippen LogP contribution in [-0.2, 0) is 19.7 Å². The van der Waals surface area contributed by atoms with E-state index in [1.807, 2.05) is 25.1 Å². The van der Waals surface area contributed by atoms with E-state index in [1.54, 1.807) is 19.1 Å². The van der Waals surface area contributed by atoms with E-state index in [9.17, 15) is 9.90 Å². The Morgan fingerprint density at radius 3 is 2.39 bits per heavy atom. The Labute approximate surface area is 108 Å². The van der Waals surface area contributed by atoms with E-state index in [-0.39, 0.29) is 19.8 Å². The van der Waals surface area contributed by atoms with Gasteiger partial charge in [-0.05, 0) is 19.4 Å². The second-order valence-corrected chi connectivity index (χ2v) is 3.96. The van der Waals surface area contributed by atoms with E-state index in [1.165, 1.54) is 0 Å². The minimum Gasteiger partial charge on any atom is -0.465 e. The number of hydrogen-bond donors (Lipinski definition) is 1. The predicted octanol–water partition coefficient (Wildman–Crippen LogP) is 1.52. The molecule has 0 heterocycles. The Bertz CT molecular complexity index is 363. The summed E-state index contributed by atoms with van der Waals surface area (Å²) in [6.45, 7) is 4.12. The van der Waals surface area contributed by atoms with Gasteiger partial charge in [-0.25, -0.2) is 0 Å². The number of benzene rings is 1. The molecule has 0 amide bonds. The average Bonchev–Trinajstić information content (AvgIpc) is 2.42. The van der Waals surface area contributed by atoms with Gasteiger partial charge in [-0.15, -0.1) is 0 Å². The fourth-order valence-electron chi connectivity index (χ4n) is 1.76. The van der Waals surface area contributed by atoms with Crippen LogP contribution in [0.2, 0.25) is 0 Å². The molecule has 100 valence electrons. The van der Waals surface area contributed by atoms with E-state index in [0.29, 0.717) is 12.2 Å². The van der Waals surface area contributed by atoms with Crippen molar-refractivity contribution in [1.82, 2.24) is 0 Å². The van der Waals surface area contributed by atoms with E-state index in [0.717, 1.165) is 0 Å². The Morgan fingerprint density at radius 1 is 1.22 bits per heavy atom. The Morgan fingerprint density at radius 2 is 1.89 bits per heavy atom.